The molecule has 1 fully saturated rings. The van der Waals surface area contributed by atoms with Crippen LogP contribution in [0.5, 0.6) is 0 Å². The molecule has 0 amide bonds. The van der Waals surface area contributed by atoms with E-state index in [1.807, 2.05) is 0 Å². The Morgan fingerprint density at radius 2 is 2.43 bits per heavy atom. The van der Waals surface area contributed by atoms with Crippen molar-refractivity contribution in [2.45, 2.75) is 32.6 Å². The SMILES string of the molecule is CC1CCCN(CCC/C(N)=N/O)C1. The smallest absolute Gasteiger partial charge is 0.139 e. The molecule has 0 radical (unpaired) electrons. The van der Waals surface area contributed by atoms with Crippen LogP contribution in [-0.4, -0.2) is 35.6 Å². The number of amidine groups is 1. The Labute approximate surface area is 85.8 Å². The molecule has 4 heteroatoms. The van der Waals surface area contributed by atoms with Crippen LogP contribution in [0.15, 0.2) is 5.16 Å². The number of nitrogens with zero attached hydrogens (tertiary/aromatic N) is 2. The predicted octanol–water partition coefficient (Wildman–Crippen LogP) is 1.24. The summed E-state index contributed by atoms with van der Waals surface area (Å²) in [6.07, 6.45) is 4.35. The summed E-state index contributed by atoms with van der Waals surface area (Å²) < 4.78 is 0. The second kappa shape index (κ2) is 5.86. The minimum absolute atomic E-state index is 0.343. The van der Waals surface area contributed by atoms with E-state index in [0.29, 0.717) is 12.3 Å². The Bertz CT molecular complexity index is 194. The fourth-order valence-electron chi connectivity index (χ4n) is 2.02. The zero-order valence-electron chi connectivity index (χ0n) is 8.95. The summed E-state index contributed by atoms with van der Waals surface area (Å²) in [5, 5.41) is 11.3. The Balaban J connectivity index is 2.11. The van der Waals surface area contributed by atoms with Gasteiger partial charge in [0.15, 0.2) is 0 Å². The molecular weight excluding hydrogens is 178 g/mol. The van der Waals surface area contributed by atoms with E-state index in [1.54, 1.807) is 0 Å². The van der Waals surface area contributed by atoms with Gasteiger partial charge in [-0.2, -0.15) is 0 Å². The Morgan fingerprint density at radius 1 is 1.64 bits per heavy atom. The molecule has 3 N–H and O–H groups in total. The lowest BCUT2D eigenvalue weighted by molar-refractivity contribution is 0.183. The van der Waals surface area contributed by atoms with E-state index in [1.165, 1.54) is 25.9 Å². The van der Waals surface area contributed by atoms with E-state index < -0.39 is 0 Å². The Hall–Kier alpha value is -0.770. The van der Waals surface area contributed by atoms with Crippen molar-refractivity contribution in [2.24, 2.45) is 16.8 Å². The van der Waals surface area contributed by atoms with Crippen LogP contribution in [0.4, 0.5) is 0 Å². The maximum Gasteiger partial charge on any atom is 0.139 e. The van der Waals surface area contributed by atoms with Crippen LogP contribution < -0.4 is 5.73 Å². The number of likely N-dealkylation sites (tertiary alicyclic amines) is 1. The van der Waals surface area contributed by atoms with Gasteiger partial charge in [0.2, 0.25) is 0 Å². The maximum atomic E-state index is 8.36. The highest BCUT2D eigenvalue weighted by Crippen LogP contribution is 2.15. The molecule has 0 aromatic carbocycles. The summed E-state index contributed by atoms with van der Waals surface area (Å²) in [6.45, 7) is 5.78. The average Bonchev–Trinajstić information content (AvgIpc) is 2.17. The zero-order valence-corrected chi connectivity index (χ0v) is 8.95. The standard InChI is InChI=1S/C10H21N3O/c1-9-4-2-6-13(8-9)7-3-5-10(11)12-14/h9,14H,2-8H2,1H3,(H2,11,12). The molecule has 1 heterocycles. The molecule has 82 valence electrons. The Kier molecular flexibility index (Phi) is 4.73. The number of oxime groups is 1. The highest BCUT2D eigenvalue weighted by atomic mass is 16.4. The van der Waals surface area contributed by atoms with Crippen LogP contribution in [0, 0.1) is 5.92 Å². The van der Waals surface area contributed by atoms with Crippen LogP contribution in [0.3, 0.4) is 0 Å². The molecule has 1 aliphatic rings. The molecule has 1 atom stereocenters. The third kappa shape index (κ3) is 3.96. The largest absolute Gasteiger partial charge is 0.409 e. The van der Waals surface area contributed by atoms with E-state index >= 15 is 0 Å². The predicted molar refractivity (Wildman–Crippen MR) is 57.5 cm³/mol. The van der Waals surface area contributed by atoms with Gasteiger partial charge in [0.05, 0.1) is 0 Å². The van der Waals surface area contributed by atoms with Gasteiger partial charge in [-0.25, -0.2) is 0 Å². The quantitative estimate of drug-likeness (QED) is 0.310. The first-order chi connectivity index (χ1) is 6.72. The second-order valence-corrected chi connectivity index (χ2v) is 4.24. The van der Waals surface area contributed by atoms with Gasteiger partial charge in [0, 0.05) is 13.0 Å². The summed E-state index contributed by atoms with van der Waals surface area (Å²) in [7, 11) is 0. The van der Waals surface area contributed by atoms with Crippen molar-refractivity contribution in [1.82, 2.24) is 4.90 Å². The molecule has 1 saturated heterocycles. The van der Waals surface area contributed by atoms with Gasteiger partial charge in [-0.3, -0.25) is 0 Å². The molecule has 0 aromatic heterocycles. The van der Waals surface area contributed by atoms with E-state index in [9.17, 15) is 0 Å². The van der Waals surface area contributed by atoms with Gasteiger partial charge in [0.25, 0.3) is 0 Å². The normalized spacial score (nSPS) is 25.2. The van der Waals surface area contributed by atoms with E-state index in [2.05, 4.69) is 17.0 Å². The highest BCUT2D eigenvalue weighted by Gasteiger charge is 2.15. The first kappa shape index (κ1) is 11.3. The minimum Gasteiger partial charge on any atom is -0.409 e. The topological polar surface area (TPSA) is 61.8 Å². The molecule has 0 spiro atoms. The number of hydrogen-bond donors (Lipinski definition) is 2. The summed E-state index contributed by atoms with van der Waals surface area (Å²) in [5.74, 6) is 1.17. The number of nitrogens with two attached hydrogens (primary N) is 1. The number of hydrogen-bond acceptors (Lipinski definition) is 3. The Morgan fingerprint density at radius 3 is 3.07 bits per heavy atom. The second-order valence-electron chi connectivity index (χ2n) is 4.24. The molecule has 1 rings (SSSR count). The van der Waals surface area contributed by atoms with Crippen LogP contribution in [0.2, 0.25) is 0 Å². The lowest BCUT2D eigenvalue weighted by Gasteiger charge is -2.30. The summed E-state index contributed by atoms with van der Waals surface area (Å²) in [4.78, 5) is 2.47. The van der Waals surface area contributed by atoms with E-state index in [4.69, 9.17) is 10.9 Å². The molecule has 4 nitrogen and oxygen atoms in total. The fourth-order valence-corrected chi connectivity index (χ4v) is 2.02. The maximum absolute atomic E-state index is 8.36. The summed E-state index contributed by atoms with van der Waals surface area (Å²) in [5.41, 5.74) is 5.40. The van der Waals surface area contributed by atoms with Gasteiger partial charge < -0.3 is 15.8 Å². The zero-order chi connectivity index (χ0) is 10.4. The van der Waals surface area contributed by atoms with Gasteiger partial charge in [-0.05, 0) is 38.3 Å². The molecule has 0 saturated carbocycles. The van der Waals surface area contributed by atoms with Gasteiger partial charge in [-0.1, -0.05) is 12.1 Å². The number of rotatable bonds is 4. The average molecular weight is 199 g/mol. The monoisotopic (exact) mass is 199 g/mol. The fraction of sp³-hybridized carbons (Fsp3) is 0.900. The van der Waals surface area contributed by atoms with Crippen molar-refractivity contribution in [3.8, 4) is 0 Å². The minimum atomic E-state index is 0.343. The molecule has 14 heavy (non-hydrogen) atoms. The van der Waals surface area contributed by atoms with Crippen molar-refractivity contribution in [3.05, 3.63) is 0 Å². The van der Waals surface area contributed by atoms with Crippen molar-refractivity contribution < 1.29 is 5.21 Å². The third-order valence-corrected chi connectivity index (χ3v) is 2.78. The molecule has 0 bridgehead atoms. The summed E-state index contributed by atoms with van der Waals surface area (Å²) >= 11 is 0. The van der Waals surface area contributed by atoms with Crippen LogP contribution in [-0.2, 0) is 0 Å². The van der Waals surface area contributed by atoms with Crippen molar-refractivity contribution in [3.63, 3.8) is 0 Å². The van der Waals surface area contributed by atoms with Crippen LogP contribution >= 0.6 is 0 Å². The highest BCUT2D eigenvalue weighted by molar-refractivity contribution is 5.79. The summed E-state index contributed by atoms with van der Waals surface area (Å²) in [6, 6.07) is 0. The van der Waals surface area contributed by atoms with E-state index in [0.717, 1.165) is 18.9 Å². The van der Waals surface area contributed by atoms with Crippen molar-refractivity contribution in [1.29, 1.82) is 0 Å². The third-order valence-electron chi connectivity index (χ3n) is 2.78. The molecule has 0 aliphatic carbocycles. The molecular formula is C10H21N3O. The first-order valence-corrected chi connectivity index (χ1v) is 5.41. The van der Waals surface area contributed by atoms with Crippen molar-refractivity contribution >= 4 is 5.84 Å². The van der Waals surface area contributed by atoms with Crippen LogP contribution in [0.1, 0.15) is 32.6 Å². The van der Waals surface area contributed by atoms with E-state index in [-0.39, 0.29) is 0 Å². The van der Waals surface area contributed by atoms with Gasteiger partial charge >= 0.3 is 0 Å². The lowest BCUT2D eigenvalue weighted by atomic mass is 10.0. The first-order valence-electron chi connectivity index (χ1n) is 5.41. The van der Waals surface area contributed by atoms with Gasteiger partial charge in [0.1, 0.15) is 5.84 Å². The van der Waals surface area contributed by atoms with Gasteiger partial charge in [-0.15, -0.1) is 0 Å². The molecule has 1 aliphatic heterocycles. The molecule has 0 aromatic rings. The number of piperidine rings is 1. The van der Waals surface area contributed by atoms with Crippen LogP contribution in [0.25, 0.3) is 0 Å². The van der Waals surface area contributed by atoms with Crippen molar-refractivity contribution in [2.75, 3.05) is 19.6 Å². The lowest BCUT2D eigenvalue weighted by Crippen LogP contribution is -2.35. The molecule has 1 unspecified atom stereocenters.